The molecule has 1 saturated heterocycles. The van der Waals surface area contributed by atoms with E-state index in [1.165, 1.54) is 12.0 Å². The van der Waals surface area contributed by atoms with Gasteiger partial charge in [-0.25, -0.2) is 9.18 Å². The highest BCUT2D eigenvalue weighted by molar-refractivity contribution is 5.70. The fraction of sp³-hybridized carbons (Fsp3) is 0.857. The van der Waals surface area contributed by atoms with Gasteiger partial charge in [0.25, 0.3) is 0 Å². The molecule has 0 aliphatic carbocycles. The van der Waals surface area contributed by atoms with Crippen molar-refractivity contribution in [2.45, 2.75) is 51.8 Å². The minimum absolute atomic E-state index is 0.0554. The van der Waals surface area contributed by atoms with E-state index in [0.29, 0.717) is 19.5 Å². The minimum Gasteiger partial charge on any atom is -0.469 e. The Morgan fingerprint density at radius 3 is 2.40 bits per heavy atom. The number of alkyl halides is 1. The van der Waals surface area contributed by atoms with Crippen molar-refractivity contribution < 1.29 is 23.5 Å². The minimum atomic E-state index is -1.10. The molecule has 2 atom stereocenters. The lowest BCUT2D eigenvalue weighted by Gasteiger charge is -2.26. The van der Waals surface area contributed by atoms with Crippen molar-refractivity contribution in [2.24, 2.45) is 5.92 Å². The summed E-state index contributed by atoms with van der Waals surface area (Å²) in [7, 11) is 1.29. The SMILES string of the molecule is COC(=O)C[C@H]1CCN(C(=O)OC(C)(C)C)CC[C@H]1F. The zero-order valence-electron chi connectivity index (χ0n) is 12.6. The molecule has 1 aliphatic heterocycles. The van der Waals surface area contributed by atoms with Crippen molar-refractivity contribution in [1.29, 1.82) is 0 Å². The van der Waals surface area contributed by atoms with Crippen LogP contribution in [0.4, 0.5) is 9.18 Å². The molecule has 1 amide bonds. The summed E-state index contributed by atoms with van der Waals surface area (Å²) >= 11 is 0. The summed E-state index contributed by atoms with van der Waals surface area (Å²) in [5, 5.41) is 0. The van der Waals surface area contributed by atoms with Crippen LogP contribution < -0.4 is 0 Å². The van der Waals surface area contributed by atoms with E-state index in [2.05, 4.69) is 4.74 Å². The Bertz CT molecular complexity index is 354. The van der Waals surface area contributed by atoms with Gasteiger partial charge in [0.2, 0.25) is 0 Å². The monoisotopic (exact) mass is 289 g/mol. The summed E-state index contributed by atoms with van der Waals surface area (Å²) in [6.45, 7) is 6.09. The highest BCUT2D eigenvalue weighted by atomic mass is 19.1. The number of likely N-dealkylation sites (tertiary alicyclic amines) is 1. The summed E-state index contributed by atoms with van der Waals surface area (Å²) in [5.74, 6) is -0.807. The fourth-order valence-corrected chi connectivity index (χ4v) is 2.17. The first kappa shape index (κ1) is 16.7. The molecule has 1 heterocycles. The lowest BCUT2D eigenvalue weighted by molar-refractivity contribution is -0.142. The van der Waals surface area contributed by atoms with E-state index >= 15 is 0 Å². The first-order chi connectivity index (χ1) is 9.23. The van der Waals surface area contributed by atoms with Gasteiger partial charge < -0.3 is 14.4 Å². The number of rotatable bonds is 2. The number of nitrogens with zero attached hydrogens (tertiary/aromatic N) is 1. The molecule has 0 radical (unpaired) electrons. The molecule has 0 bridgehead atoms. The van der Waals surface area contributed by atoms with Crippen molar-refractivity contribution in [3.05, 3.63) is 0 Å². The topological polar surface area (TPSA) is 55.8 Å². The van der Waals surface area contributed by atoms with Gasteiger partial charge in [-0.2, -0.15) is 0 Å². The van der Waals surface area contributed by atoms with E-state index in [0.717, 1.165) is 0 Å². The first-order valence-electron chi connectivity index (χ1n) is 6.91. The zero-order valence-corrected chi connectivity index (χ0v) is 12.6. The summed E-state index contributed by atoms with van der Waals surface area (Å²) in [4.78, 5) is 24.7. The normalized spacial score (nSPS) is 23.9. The van der Waals surface area contributed by atoms with Gasteiger partial charge in [-0.05, 0) is 33.6 Å². The van der Waals surface area contributed by atoms with Crippen LogP contribution in [0.2, 0.25) is 0 Å². The second-order valence-corrected chi connectivity index (χ2v) is 6.10. The van der Waals surface area contributed by atoms with Gasteiger partial charge in [-0.1, -0.05) is 0 Å². The molecule has 20 heavy (non-hydrogen) atoms. The van der Waals surface area contributed by atoms with Gasteiger partial charge in [-0.15, -0.1) is 0 Å². The molecule has 116 valence electrons. The maximum Gasteiger partial charge on any atom is 0.410 e. The second-order valence-electron chi connectivity index (χ2n) is 6.10. The fourth-order valence-electron chi connectivity index (χ4n) is 2.17. The summed E-state index contributed by atoms with van der Waals surface area (Å²) in [6.07, 6.45) is -0.805. The lowest BCUT2D eigenvalue weighted by atomic mass is 9.95. The van der Waals surface area contributed by atoms with E-state index in [1.807, 2.05) is 0 Å². The van der Waals surface area contributed by atoms with E-state index in [-0.39, 0.29) is 12.8 Å². The molecule has 0 spiro atoms. The van der Waals surface area contributed by atoms with Crippen molar-refractivity contribution in [1.82, 2.24) is 4.90 Å². The first-order valence-corrected chi connectivity index (χ1v) is 6.91. The molecule has 0 aromatic rings. The molecule has 0 saturated carbocycles. The standard InChI is InChI=1S/C14H24FNO4/c1-14(2,3)20-13(18)16-7-5-10(9-12(17)19-4)11(15)6-8-16/h10-11H,5-9H2,1-4H3/t10-,11-/m1/s1. The van der Waals surface area contributed by atoms with E-state index in [1.54, 1.807) is 20.8 Å². The predicted molar refractivity (Wildman–Crippen MR) is 72.1 cm³/mol. The lowest BCUT2D eigenvalue weighted by Crippen LogP contribution is -2.37. The van der Waals surface area contributed by atoms with Crippen molar-refractivity contribution in [3.8, 4) is 0 Å². The van der Waals surface area contributed by atoms with Crippen LogP contribution in [0, 0.1) is 5.92 Å². The molecule has 6 heteroatoms. The Balaban J connectivity index is 2.57. The molecule has 5 nitrogen and oxygen atoms in total. The number of amides is 1. The van der Waals surface area contributed by atoms with Crippen LogP contribution in [0.3, 0.4) is 0 Å². The largest absolute Gasteiger partial charge is 0.469 e. The number of halogens is 1. The molecule has 1 aliphatic rings. The highest BCUT2D eigenvalue weighted by Crippen LogP contribution is 2.25. The van der Waals surface area contributed by atoms with E-state index in [9.17, 15) is 14.0 Å². The quantitative estimate of drug-likeness (QED) is 0.733. The summed E-state index contributed by atoms with van der Waals surface area (Å²) < 4.78 is 23.8. The molecule has 0 unspecified atom stereocenters. The number of hydrogen-bond donors (Lipinski definition) is 0. The van der Waals surface area contributed by atoms with Crippen LogP contribution in [-0.2, 0) is 14.3 Å². The average molecular weight is 289 g/mol. The Morgan fingerprint density at radius 2 is 1.85 bits per heavy atom. The van der Waals surface area contributed by atoms with E-state index < -0.39 is 29.8 Å². The number of ether oxygens (including phenoxy) is 2. The molecular formula is C14H24FNO4. The molecule has 0 N–H and O–H groups in total. The molecule has 0 aromatic carbocycles. The smallest absolute Gasteiger partial charge is 0.410 e. The number of carbonyl (C=O) groups is 2. The maximum absolute atomic E-state index is 14.0. The van der Waals surface area contributed by atoms with Crippen LogP contribution in [0.5, 0.6) is 0 Å². The predicted octanol–water partition coefficient (Wildman–Crippen LogP) is 2.53. The number of hydrogen-bond acceptors (Lipinski definition) is 4. The molecule has 0 aromatic heterocycles. The number of esters is 1. The van der Waals surface area contributed by atoms with Crippen LogP contribution in [0.25, 0.3) is 0 Å². The van der Waals surface area contributed by atoms with Crippen LogP contribution in [0.15, 0.2) is 0 Å². The summed E-state index contributed by atoms with van der Waals surface area (Å²) in [5.41, 5.74) is -0.566. The summed E-state index contributed by atoms with van der Waals surface area (Å²) in [6, 6.07) is 0. The third-order valence-corrected chi connectivity index (χ3v) is 3.26. The van der Waals surface area contributed by atoms with Crippen LogP contribution in [0.1, 0.15) is 40.0 Å². The van der Waals surface area contributed by atoms with Gasteiger partial charge in [0, 0.05) is 19.0 Å². The van der Waals surface area contributed by atoms with Gasteiger partial charge in [0.15, 0.2) is 0 Å². The van der Waals surface area contributed by atoms with E-state index in [4.69, 9.17) is 4.74 Å². The average Bonchev–Trinajstić information content (AvgIpc) is 2.50. The third kappa shape index (κ3) is 5.35. The Labute approximate surface area is 119 Å². The van der Waals surface area contributed by atoms with Crippen LogP contribution in [-0.4, -0.2) is 48.9 Å². The Hall–Kier alpha value is -1.33. The van der Waals surface area contributed by atoms with Gasteiger partial charge in [0.1, 0.15) is 11.8 Å². The Kier molecular flexibility index (Phi) is 5.77. The van der Waals surface area contributed by atoms with Crippen molar-refractivity contribution in [3.63, 3.8) is 0 Å². The maximum atomic E-state index is 14.0. The van der Waals surface area contributed by atoms with Crippen molar-refractivity contribution in [2.75, 3.05) is 20.2 Å². The molecule has 1 fully saturated rings. The molecular weight excluding hydrogens is 265 g/mol. The van der Waals surface area contributed by atoms with Crippen molar-refractivity contribution >= 4 is 12.1 Å². The van der Waals surface area contributed by atoms with Gasteiger partial charge >= 0.3 is 12.1 Å². The molecule has 1 rings (SSSR count). The third-order valence-electron chi connectivity index (χ3n) is 3.26. The van der Waals surface area contributed by atoms with Gasteiger partial charge in [0.05, 0.1) is 13.5 Å². The number of methoxy groups -OCH3 is 1. The van der Waals surface area contributed by atoms with Crippen LogP contribution >= 0.6 is 0 Å². The Morgan fingerprint density at radius 1 is 1.25 bits per heavy atom. The number of carbonyl (C=O) groups excluding carboxylic acids is 2. The zero-order chi connectivity index (χ0) is 15.3. The highest BCUT2D eigenvalue weighted by Gasteiger charge is 2.31. The van der Waals surface area contributed by atoms with Gasteiger partial charge in [-0.3, -0.25) is 4.79 Å². The second kappa shape index (κ2) is 6.90.